The predicted octanol–water partition coefficient (Wildman–Crippen LogP) is 3.20. The molecule has 3 rings (SSSR count). The van der Waals surface area contributed by atoms with Crippen molar-refractivity contribution in [3.05, 3.63) is 71.5 Å². The van der Waals surface area contributed by atoms with Crippen LogP contribution in [-0.2, 0) is 16.1 Å². The summed E-state index contributed by atoms with van der Waals surface area (Å²) < 4.78 is 24.9. The van der Waals surface area contributed by atoms with Crippen LogP contribution >= 0.6 is 0 Å². The van der Waals surface area contributed by atoms with E-state index in [0.717, 1.165) is 12.1 Å². The lowest BCUT2D eigenvalue weighted by Gasteiger charge is -2.37. The molecule has 33 heavy (non-hydrogen) atoms. The van der Waals surface area contributed by atoms with Gasteiger partial charge in [-0.3, -0.25) is 9.69 Å². The molecule has 0 saturated carbocycles. The van der Waals surface area contributed by atoms with E-state index in [9.17, 15) is 14.3 Å². The van der Waals surface area contributed by atoms with Gasteiger partial charge in [0.1, 0.15) is 5.82 Å². The summed E-state index contributed by atoms with van der Waals surface area (Å²) in [5, 5.41) is 10.4. The van der Waals surface area contributed by atoms with E-state index in [1.54, 1.807) is 4.90 Å². The predicted molar refractivity (Wildman–Crippen MR) is 125 cm³/mol. The van der Waals surface area contributed by atoms with Gasteiger partial charge in [-0.2, -0.15) is 0 Å². The van der Waals surface area contributed by atoms with Crippen molar-refractivity contribution in [3.8, 4) is 0 Å². The molecule has 1 N–H and O–H groups in total. The first kappa shape index (κ1) is 25.3. The van der Waals surface area contributed by atoms with Crippen molar-refractivity contribution in [2.24, 2.45) is 5.92 Å². The largest absolute Gasteiger partial charge is 0.389 e. The minimum Gasteiger partial charge on any atom is -0.389 e. The van der Waals surface area contributed by atoms with E-state index in [2.05, 4.69) is 18.7 Å². The van der Waals surface area contributed by atoms with Crippen molar-refractivity contribution in [2.45, 2.75) is 32.7 Å². The first-order chi connectivity index (χ1) is 15.9. The number of nitrogens with zero attached hydrogens (tertiary/aromatic N) is 2. The van der Waals surface area contributed by atoms with Crippen molar-refractivity contribution in [1.82, 2.24) is 9.80 Å². The van der Waals surface area contributed by atoms with Crippen molar-refractivity contribution in [3.63, 3.8) is 0 Å². The van der Waals surface area contributed by atoms with Crippen LogP contribution in [0.3, 0.4) is 0 Å². The van der Waals surface area contributed by atoms with Crippen LogP contribution in [0.5, 0.6) is 0 Å². The number of aliphatic hydroxyl groups excluding tert-OH is 1. The molecule has 2 unspecified atom stereocenters. The summed E-state index contributed by atoms with van der Waals surface area (Å²) in [4.78, 5) is 17.0. The Morgan fingerprint density at radius 1 is 1.21 bits per heavy atom. The number of morpholine rings is 1. The molecule has 1 amide bonds. The normalized spacial score (nSPS) is 17.8. The van der Waals surface area contributed by atoms with Gasteiger partial charge in [-0.25, -0.2) is 4.39 Å². The Bertz CT molecular complexity index is 847. The number of amides is 1. The smallest absolute Gasteiger partial charge is 0.253 e. The third-order valence-electron chi connectivity index (χ3n) is 5.50. The molecule has 6 nitrogen and oxygen atoms in total. The Hall–Kier alpha value is -2.32. The lowest BCUT2D eigenvalue weighted by Crippen LogP contribution is -2.51. The highest BCUT2D eigenvalue weighted by molar-refractivity contribution is 5.94. The number of halogens is 1. The number of ether oxygens (including phenoxy) is 2. The topological polar surface area (TPSA) is 62.2 Å². The molecule has 2 atom stereocenters. The number of aliphatic hydroxyl groups is 1. The minimum absolute atomic E-state index is 0.126. The van der Waals surface area contributed by atoms with Crippen LogP contribution in [0.2, 0.25) is 0 Å². The average molecular weight is 459 g/mol. The summed E-state index contributed by atoms with van der Waals surface area (Å²) in [5.74, 6) is -0.198. The Labute approximate surface area is 195 Å². The van der Waals surface area contributed by atoms with E-state index < -0.39 is 6.10 Å². The fourth-order valence-electron chi connectivity index (χ4n) is 4.00. The molecule has 1 fully saturated rings. The maximum absolute atomic E-state index is 13.3. The molecule has 1 aliphatic rings. The molecular weight excluding hydrogens is 423 g/mol. The number of hydrogen-bond donors (Lipinski definition) is 1. The third-order valence-corrected chi connectivity index (χ3v) is 5.50. The van der Waals surface area contributed by atoms with Crippen LogP contribution < -0.4 is 0 Å². The molecule has 0 radical (unpaired) electrons. The maximum atomic E-state index is 13.3. The second-order valence-corrected chi connectivity index (χ2v) is 9.02. The van der Waals surface area contributed by atoms with Crippen LogP contribution in [0.4, 0.5) is 4.39 Å². The van der Waals surface area contributed by atoms with Gasteiger partial charge in [-0.05, 0) is 35.7 Å². The summed E-state index contributed by atoms with van der Waals surface area (Å²) in [6.45, 7) is 8.28. The van der Waals surface area contributed by atoms with E-state index in [1.165, 1.54) is 24.3 Å². The molecular formula is C26H35FN2O4. The summed E-state index contributed by atoms with van der Waals surface area (Å²) in [6, 6.07) is 15.5. The highest BCUT2D eigenvalue weighted by Crippen LogP contribution is 2.14. The lowest BCUT2D eigenvalue weighted by molar-refractivity contribution is -0.0602. The molecule has 0 aliphatic carbocycles. The Morgan fingerprint density at radius 2 is 1.94 bits per heavy atom. The van der Waals surface area contributed by atoms with E-state index >= 15 is 0 Å². The van der Waals surface area contributed by atoms with E-state index in [4.69, 9.17) is 9.47 Å². The van der Waals surface area contributed by atoms with E-state index in [1.807, 2.05) is 30.3 Å². The van der Waals surface area contributed by atoms with Crippen molar-refractivity contribution < 1.29 is 23.8 Å². The summed E-state index contributed by atoms with van der Waals surface area (Å²) >= 11 is 0. The zero-order valence-electron chi connectivity index (χ0n) is 19.5. The van der Waals surface area contributed by atoms with Crippen LogP contribution in [0.25, 0.3) is 0 Å². The van der Waals surface area contributed by atoms with Crippen LogP contribution in [-0.4, -0.2) is 79.0 Å². The molecule has 0 bridgehead atoms. The van der Waals surface area contributed by atoms with Crippen LogP contribution in [0, 0.1) is 11.7 Å². The zero-order chi connectivity index (χ0) is 23.6. The number of rotatable bonds is 11. The van der Waals surface area contributed by atoms with Gasteiger partial charge in [-0.1, -0.05) is 44.2 Å². The first-order valence-electron chi connectivity index (χ1n) is 11.6. The number of β-amino-alcohol motifs (C(OH)–C–C–N with tert-alkyl or cyclic N) is 1. The minimum atomic E-state index is -0.597. The molecule has 1 saturated heterocycles. The second-order valence-electron chi connectivity index (χ2n) is 9.02. The number of benzene rings is 2. The van der Waals surface area contributed by atoms with Gasteiger partial charge in [0.15, 0.2) is 0 Å². The number of hydrogen-bond acceptors (Lipinski definition) is 5. The maximum Gasteiger partial charge on any atom is 0.253 e. The molecule has 1 heterocycles. The van der Waals surface area contributed by atoms with E-state index in [0.29, 0.717) is 45.0 Å². The number of carbonyl (C=O) groups excluding carboxylic acids is 1. The lowest BCUT2D eigenvalue weighted by atomic mass is 10.1. The van der Waals surface area contributed by atoms with Gasteiger partial charge in [0.2, 0.25) is 0 Å². The molecule has 7 heteroatoms. The molecule has 0 aromatic heterocycles. The Kier molecular flexibility index (Phi) is 9.81. The summed E-state index contributed by atoms with van der Waals surface area (Å²) in [7, 11) is 0. The fourth-order valence-corrected chi connectivity index (χ4v) is 4.00. The number of carbonyl (C=O) groups is 1. The van der Waals surface area contributed by atoms with Gasteiger partial charge in [-0.15, -0.1) is 0 Å². The van der Waals surface area contributed by atoms with Crippen LogP contribution in [0.1, 0.15) is 29.8 Å². The highest BCUT2D eigenvalue weighted by atomic mass is 19.1. The highest BCUT2D eigenvalue weighted by Gasteiger charge is 2.27. The standard InChI is InChI=1S/C26H35FN2O4/c1-20(2)14-29(26(31)22-8-10-23(27)11-9-22)17-25-16-28(12-13-33-25)15-24(30)19-32-18-21-6-4-3-5-7-21/h3-11,20,24-25,30H,12-19H2,1-2H3. The van der Waals surface area contributed by atoms with Crippen LogP contribution in [0.15, 0.2) is 54.6 Å². The molecule has 2 aromatic carbocycles. The second kappa shape index (κ2) is 12.8. The van der Waals surface area contributed by atoms with Gasteiger partial charge in [0.05, 0.1) is 32.0 Å². The summed E-state index contributed by atoms with van der Waals surface area (Å²) in [5.41, 5.74) is 1.54. The van der Waals surface area contributed by atoms with Crippen molar-refractivity contribution in [1.29, 1.82) is 0 Å². The third kappa shape index (κ3) is 8.51. The average Bonchev–Trinajstić information content (AvgIpc) is 2.79. The van der Waals surface area contributed by atoms with Gasteiger partial charge < -0.3 is 19.5 Å². The van der Waals surface area contributed by atoms with Gasteiger partial charge >= 0.3 is 0 Å². The monoisotopic (exact) mass is 458 g/mol. The molecule has 180 valence electrons. The SMILES string of the molecule is CC(C)CN(CC1CN(CC(O)COCc2ccccc2)CCO1)C(=O)c1ccc(F)cc1. The zero-order valence-corrected chi connectivity index (χ0v) is 19.5. The Morgan fingerprint density at radius 3 is 2.64 bits per heavy atom. The summed E-state index contributed by atoms with van der Waals surface area (Å²) in [6.07, 6.45) is -0.751. The quantitative estimate of drug-likeness (QED) is 0.560. The molecule has 0 spiro atoms. The molecule has 1 aliphatic heterocycles. The van der Waals surface area contributed by atoms with Crippen molar-refractivity contribution >= 4 is 5.91 Å². The molecule has 2 aromatic rings. The Balaban J connectivity index is 1.49. The first-order valence-corrected chi connectivity index (χ1v) is 11.6. The van der Waals surface area contributed by atoms with Crippen molar-refractivity contribution in [2.75, 3.05) is 45.9 Å². The van der Waals surface area contributed by atoms with Gasteiger partial charge in [0, 0.05) is 38.3 Å². The van der Waals surface area contributed by atoms with E-state index in [-0.39, 0.29) is 30.4 Å². The fraction of sp³-hybridized carbons (Fsp3) is 0.500. The van der Waals surface area contributed by atoms with Gasteiger partial charge in [0.25, 0.3) is 5.91 Å².